The maximum atomic E-state index is 14.2. The van der Waals surface area contributed by atoms with Gasteiger partial charge >= 0.3 is 0 Å². The Bertz CT molecular complexity index is 1070. The van der Waals surface area contributed by atoms with Gasteiger partial charge in [0.15, 0.2) is 0 Å². The molecule has 28 heavy (non-hydrogen) atoms. The molecule has 0 radical (unpaired) electrons. The van der Waals surface area contributed by atoms with Crippen LogP contribution >= 0.6 is 0 Å². The Morgan fingerprint density at radius 2 is 2.18 bits per heavy atom. The molecule has 1 saturated heterocycles. The molecule has 1 atom stereocenters. The predicted molar refractivity (Wildman–Crippen MR) is 106 cm³/mol. The van der Waals surface area contributed by atoms with Gasteiger partial charge in [-0.1, -0.05) is 6.58 Å². The maximum absolute atomic E-state index is 14.2. The lowest BCUT2D eigenvalue weighted by atomic mass is 9.99. The van der Waals surface area contributed by atoms with Crippen LogP contribution in [0.4, 0.5) is 4.39 Å². The number of fused-ring (bicyclic) bond motifs is 1. The molecule has 4 rings (SSSR count). The summed E-state index contributed by atoms with van der Waals surface area (Å²) in [6.45, 7) is 4.89. The standard InChI is InChI=1S/C22H20FN3O2/c1-3-21(27)26-8-6-14(13-26)19-10-15-11-20(28-2)17(9-16(15)12-25-19)22-18(23)5-4-7-24-22/h3-5,7,9-12,14H,1,6,8,13H2,2H3. The molecule has 0 bridgehead atoms. The third kappa shape index (κ3) is 3.22. The first-order valence-electron chi connectivity index (χ1n) is 9.10. The highest BCUT2D eigenvalue weighted by Gasteiger charge is 2.27. The number of rotatable bonds is 4. The number of aromatic nitrogens is 2. The Morgan fingerprint density at radius 1 is 1.32 bits per heavy atom. The van der Waals surface area contributed by atoms with E-state index < -0.39 is 5.82 Å². The van der Waals surface area contributed by atoms with Gasteiger partial charge in [-0.25, -0.2) is 4.39 Å². The number of carbonyl (C=O) groups is 1. The average Bonchev–Trinajstić information content (AvgIpc) is 3.22. The van der Waals surface area contributed by atoms with Crippen molar-refractivity contribution in [2.45, 2.75) is 12.3 Å². The average molecular weight is 377 g/mol. The van der Waals surface area contributed by atoms with Crippen LogP contribution in [0.5, 0.6) is 5.75 Å². The third-order valence-electron chi connectivity index (χ3n) is 5.17. The first kappa shape index (κ1) is 18.1. The van der Waals surface area contributed by atoms with Crippen LogP contribution in [-0.2, 0) is 4.79 Å². The SMILES string of the molecule is C=CC(=O)N1CCC(c2cc3cc(OC)c(-c4ncccc4F)cc3cn2)C1. The van der Waals surface area contributed by atoms with E-state index >= 15 is 0 Å². The zero-order valence-corrected chi connectivity index (χ0v) is 15.6. The second-order valence-electron chi connectivity index (χ2n) is 6.82. The van der Waals surface area contributed by atoms with Gasteiger partial charge in [0.1, 0.15) is 17.3 Å². The molecule has 3 heterocycles. The second-order valence-corrected chi connectivity index (χ2v) is 6.82. The summed E-state index contributed by atoms with van der Waals surface area (Å²) in [6.07, 6.45) is 5.55. The molecule has 5 nitrogen and oxygen atoms in total. The molecule has 2 aromatic heterocycles. The number of amides is 1. The molecule has 1 aliphatic rings. The maximum Gasteiger partial charge on any atom is 0.245 e. The van der Waals surface area contributed by atoms with E-state index in [0.717, 1.165) is 22.9 Å². The largest absolute Gasteiger partial charge is 0.496 e. The van der Waals surface area contributed by atoms with Crippen LogP contribution < -0.4 is 4.74 Å². The molecule has 1 aromatic carbocycles. The zero-order valence-electron chi connectivity index (χ0n) is 15.6. The molecular weight excluding hydrogens is 357 g/mol. The monoisotopic (exact) mass is 377 g/mol. The number of benzene rings is 1. The fourth-order valence-corrected chi connectivity index (χ4v) is 3.68. The van der Waals surface area contributed by atoms with Gasteiger partial charge in [-0.15, -0.1) is 0 Å². The lowest BCUT2D eigenvalue weighted by molar-refractivity contribution is -0.125. The van der Waals surface area contributed by atoms with Crippen LogP contribution in [0.3, 0.4) is 0 Å². The van der Waals surface area contributed by atoms with Gasteiger partial charge in [-0.3, -0.25) is 14.8 Å². The van der Waals surface area contributed by atoms with E-state index in [1.54, 1.807) is 30.5 Å². The molecule has 142 valence electrons. The van der Waals surface area contributed by atoms with Crippen LogP contribution in [-0.4, -0.2) is 41.0 Å². The normalized spacial score (nSPS) is 16.4. The summed E-state index contributed by atoms with van der Waals surface area (Å²) in [4.78, 5) is 22.4. The van der Waals surface area contributed by atoms with E-state index in [2.05, 4.69) is 16.5 Å². The number of hydrogen-bond donors (Lipinski definition) is 0. The predicted octanol–water partition coefficient (Wildman–Crippen LogP) is 3.95. The molecule has 1 fully saturated rings. The minimum Gasteiger partial charge on any atom is -0.496 e. The summed E-state index contributed by atoms with van der Waals surface area (Å²) in [6, 6.07) is 8.68. The molecule has 3 aromatic rings. The zero-order chi connectivity index (χ0) is 19.7. The van der Waals surface area contributed by atoms with E-state index in [-0.39, 0.29) is 17.5 Å². The quantitative estimate of drug-likeness (QED) is 0.646. The van der Waals surface area contributed by atoms with E-state index in [1.807, 2.05) is 18.2 Å². The van der Waals surface area contributed by atoms with Crippen molar-refractivity contribution in [2.24, 2.45) is 0 Å². The summed E-state index contributed by atoms with van der Waals surface area (Å²) >= 11 is 0. The molecular formula is C22H20FN3O2. The number of hydrogen-bond acceptors (Lipinski definition) is 4. The third-order valence-corrected chi connectivity index (χ3v) is 5.17. The Labute approximate surface area is 162 Å². The summed E-state index contributed by atoms with van der Waals surface area (Å²) in [7, 11) is 1.56. The van der Waals surface area contributed by atoms with Crippen LogP contribution in [0.1, 0.15) is 18.0 Å². The number of ether oxygens (including phenoxy) is 1. The molecule has 0 spiro atoms. The fraction of sp³-hybridized carbons (Fsp3) is 0.227. The number of methoxy groups -OCH3 is 1. The summed E-state index contributed by atoms with van der Waals surface area (Å²) < 4.78 is 19.7. The van der Waals surface area contributed by atoms with Crippen LogP contribution in [0.15, 0.2) is 55.4 Å². The van der Waals surface area contributed by atoms with Gasteiger partial charge in [-0.2, -0.15) is 0 Å². The van der Waals surface area contributed by atoms with Gasteiger partial charge in [-0.05, 0) is 48.2 Å². The van der Waals surface area contributed by atoms with Gasteiger partial charge in [0.05, 0.1) is 7.11 Å². The van der Waals surface area contributed by atoms with Gasteiger partial charge in [0.25, 0.3) is 0 Å². The highest BCUT2D eigenvalue weighted by Crippen LogP contribution is 2.35. The smallest absolute Gasteiger partial charge is 0.245 e. The van der Waals surface area contributed by atoms with Gasteiger partial charge in [0, 0.05) is 48.0 Å². The Kier molecular flexibility index (Phi) is 4.77. The number of pyridine rings is 2. The molecule has 1 unspecified atom stereocenters. The molecule has 1 amide bonds. The Hall–Kier alpha value is -3.28. The molecule has 0 N–H and O–H groups in total. The summed E-state index contributed by atoms with van der Waals surface area (Å²) in [5, 5.41) is 1.83. The molecule has 6 heteroatoms. The number of carbonyl (C=O) groups excluding carboxylic acids is 1. The van der Waals surface area contributed by atoms with Crippen LogP contribution in [0, 0.1) is 5.82 Å². The lowest BCUT2D eigenvalue weighted by Gasteiger charge is -2.15. The van der Waals surface area contributed by atoms with Crippen molar-refractivity contribution in [3.05, 3.63) is 66.9 Å². The van der Waals surface area contributed by atoms with Crippen molar-refractivity contribution >= 4 is 16.7 Å². The van der Waals surface area contributed by atoms with Crippen molar-refractivity contribution < 1.29 is 13.9 Å². The highest BCUT2D eigenvalue weighted by atomic mass is 19.1. The number of nitrogens with zero attached hydrogens (tertiary/aromatic N) is 3. The first-order chi connectivity index (χ1) is 13.6. The number of halogens is 1. The lowest BCUT2D eigenvalue weighted by Crippen LogP contribution is -2.26. The fourth-order valence-electron chi connectivity index (χ4n) is 3.68. The van der Waals surface area contributed by atoms with E-state index in [1.165, 1.54) is 12.1 Å². The highest BCUT2D eigenvalue weighted by molar-refractivity contribution is 5.90. The molecule has 1 aliphatic heterocycles. The van der Waals surface area contributed by atoms with Crippen molar-refractivity contribution in [1.29, 1.82) is 0 Å². The second kappa shape index (κ2) is 7.38. The minimum atomic E-state index is -0.400. The van der Waals surface area contributed by atoms with Crippen LogP contribution in [0.25, 0.3) is 22.0 Å². The molecule has 0 aliphatic carbocycles. The summed E-state index contributed by atoms with van der Waals surface area (Å²) in [5.74, 6) is 0.291. The van der Waals surface area contributed by atoms with E-state index in [4.69, 9.17) is 4.74 Å². The van der Waals surface area contributed by atoms with Crippen molar-refractivity contribution in [1.82, 2.24) is 14.9 Å². The summed E-state index contributed by atoms with van der Waals surface area (Å²) in [5.41, 5.74) is 1.77. The first-order valence-corrected chi connectivity index (χ1v) is 9.10. The van der Waals surface area contributed by atoms with Crippen LogP contribution in [0.2, 0.25) is 0 Å². The topological polar surface area (TPSA) is 55.3 Å². The minimum absolute atomic E-state index is 0.0491. The Balaban J connectivity index is 1.72. The van der Waals surface area contributed by atoms with E-state index in [9.17, 15) is 9.18 Å². The van der Waals surface area contributed by atoms with Crippen molar-refractivity contribution in [3.63, 3.8) is 0 Å². The molecule has 0 saturated carbocycles. The van der Waals surface area contributed by atoms with Gasteiger partial charge < -0.3 is 9.64 Å². The van der Waals surface area contributed by atoms with Crippen molar-refractivity contribution in [3.8, 4) is 17.0 Å². The van der Waals surface area contributed by atoms with Gasteiger partial charge in [0.2, 0.25) is 5.91 Å². The number of likely N-dealkylation sites (tertiary alicyclic amines) is 1. The Morgan fingerprint density at radius 3 is 2.93 bits per heavy atom. The van der Waals surface area contributed by atoms with Crippen molar-refractivity contribution in [2.75, 3.05) is 20.2 Å². The van der Waals surface area contributed by atoms with E-state index in [0.29, 0.717) is 24.4 Å².